The minimum absolute atomic E-state index is 0.0541. The average Bonchev–Trinajstić information content (AvgIpc) is 2.94. The molecule has 1 atom stereocenters. The summed E-state index contributed by atoms with van der Waals surface area (Å²) in [6, 6.07) is 8.61. The monoisotopic (exact) mass is 315 g/mol. The molecular formula is C14H15ClFNO2S. The summed E-state index contributed by atoms with van der Waals surface area (Å²) in [6.45, 7) is 0.856. The van der Waals surface area contributed by atoms with Crippen LogP contribution in [0.4, 0.5) is 10.1 Å². The third kappa shape index (κ3) is 4.45. The molecule has 2 rings (SSSR count). The Morgan fingerprint density at radius 1 is 1.35 bits per heavy atom. The van der Waals surface area contributed by atoms with Gasteiger partial charge >= 0.3 is 0 Å². The van der Waals surface area contributed by atoms with Gasteiger partial charge < -0.3 is 15.2 Å². The van der Waals surface area contributed by atoms with Gasteiger partial charge in [0, 0.05) is 11.4 Å². The summed E-state index contributed by atoms with van der Waals surface area (Å²) < 4.78 is 19.0. The summed E-state index contributed by atoms with van der Waals surface area (Å²) in [7, 11) is 0. The Balaban J connectivity index is 1.72. The molecule has 6 heteroatoms. The van der Waals surface area contributed by atoms with E-state index in [1.54, 1.807) is 23.5 Å². The Morgan fingerprint density at radius 3 is 2.95 bits per heavy atom. The third-order valence-electron chi connectivity index (χ3n) is 2.61. The summed E-state index contributed by atoms with van der Waals surface area (Å²) in [5, 5.41) is 14.6. The van der Waals surface area contributed by atoms with E-state index in [0.717, 1.165) is 4.88 Å². The molecule has 3 nitrogen and oxygen atoms in total. The molecule has 0 aliphatic heterocycles. The van der Waals surface area contributed by atoms with Crippen molar-refractivity contribution < 1.29 is 14.2 Å². The van der Waals surface area contributed by atoms with Gasteiger partial charge in [0.1, 0.15) is 0 Å². The Morgan fingerprint density at radius 2 is 2.20 bits per heavy atom. The van der Waals surface area contributed by atoms with E-state index in [2.05, 4.69) is 5.32 Å². The van der Waals surface area contributed by atoms with Crippen molar-refractivity contribution in [2.75, 3.05) is 18.5 Å². The van der Waals surface area contributed by atoms with Crippen LogP contribution in [0.5, 0.6) is 0 Å². The first-order chi connectivity index (χ1) is 9.66. The van der Waals surface area contributed by atoms with Gasteiger partial charge in [0.05, 0.1) is 30.0 Å². The first kappa shape index (κ1) is 15.3. The molecule has 20 heavy (non-hydrogen) atoms. The van der Waals surface area contributed by atoms with Crippen LogP contribution in [0, 0.1) is 5.82 Å². The molecule has 0 radical (unpaired) electrons. The predicted octanol–water partition coefficient (Wildman–Crippen LogP) is 3.53. The number of aliphatic hydroxyl groups excluding tert-OH is 1. The van der Waals surface area contributed by atoms with E-state index < -0.39 is 11.9 Å². The van der Waals surface area contributed by atoms with Crippen LogP contribution in [0.1, 0.15) is 4.88 Å². The zero-order valence-corrected chi connectivity index (χ0v) is 12.3. The van der Waals surface area contributed by atoms with Crippen molar-refractivity contribution in [1.82, 2.24) is 0 Å². The largest absolute Gasteiger partial charge is 0.389 e. The van der Waals surface area contributed by atoms with Crippen LogP contribution in [0.3, 0.4) is 0 Å². The number of ether oxygens (including phenoxy) is 1. The van der Waals surface area contributed by atoms with Gasteiger partial charge in [0.2, 0.25) is 0 Å². The molecule has 2 N–H and O–H groups in total. The lowest BCUT2D eigenvalue weighted by molar-refractivity contribution is 0.0358. The van der Waals surface area contributed by atoms with Crippen LogP contribution in [0.25, 0.3) is 0 Å². The highest BCUT2D eigenvalue weighted by molar-refractivity contribution is 7.09. The van der Waals surface area contributed by atoms with Crippen LogP contribution in [-0.2, 0) is 11.3 Å². The van der Waals surface area contributed by atoms with Gasteiger partial charge in [-0.2, -0.15) is 0 Å². The van der Waals surface area contributed by atoms with E-state index in [9.17, 15) is 9.50 Å². The molecule has 108 valence electrons. The van der Waals surface area contributed by atoms with Gasteiger partial charge in [0.25, 0.3) is 0 Å². The quantitative estimate of drug-likeness (QED) is 0.821. The predicted molar refractivity (Wildman–Crippen MR) is 79.9 cm³/mol. The third-order valence-corrected chi connectivity index (χ3v) is 3.76. The van der Waals surface area contributed by atoms with Crippen molar-refractivity contribution in [3.63, 3.8) is 0 Å². The molecule has 2 aromatic rings. The van der Waals surface area contributed by atoms with Crippen LogP contribution < -0.4 is 5.32 Å². The SMILES string of the molecule is OC(CNc1cccc(Cl)c1F)COCc1cccs1. The van der Waals surface area contributed by atoms with Crippen molar-refractivity contribution in [2.24, 2.45) is 0 Å². The van der Waals surface area contributed by atoms with Crippen LogP contribution in [0.15, 0.2) is 35.7 Å². The molecule has 1 unspecified atom stereocenters. The molecule has 0 aliphatic carbocycles. The number of anilines is 1. The molecule has 0 saturated carbocycles. The Bertz CT molecular complexity index is 536. The van der Waals surface area contributed by atoms with Crippen molar-refractivity contribution >= 4 is 28.6 Å². The van der Waals surface area contributed by atoms with Gasteiger partial charge in [-0.15, -0.1) is 11.3 Å². The summed E-state index contributed by atoms with van der Waals surface area (Å²) in [6.07, 6.45) is -0.714. The number of aliphatic hydroxyl groups is 1. The molecule has 0 aliphatic rings. The van der Waals surface area contributed by atoms with Crippen molar-refractivity contribution in [1.29, 1.82) is 0 Å². The number of rotatable bonds is 7. The van der Waals surface area contributed by atoms with Crippen molar-refractivity contribution in [3.05, 3.63) is 51.4 Å². The smallest absolute Gasteiger partial charge is 0.164 e. The minimum atomic E-state index is -0.714. The second-order valence-corrected chi connectivity index (χ2v) is 5.67. The maximum absolute atomic E-state index is 13.6. The van der Waals surface area contributed by atoms with E-state index in [4.69, 9.17) is 16.3 Å². The highest BCUT2D eigenvalue weighted by atomic mass is 35.5. The minimum Gasteiger partial charge on any atom is -0.389 e. The van der Waals surface area contributed by atoms with Gasteiger partial charge in [-0.05, 0) is 23.6 Å². The lowest BCUT2D eigenvalue weighted by Crippen LogP contribution is -2.25. The van der Waals surface area contributed by atoms with Crippen LogP contribution >= 0.6 is 22.9 Å². The lowest BCUT2D eigenvalue weighted by atomic mass is 10.3. The molecule has 0 saturated heterocycles. The molecule has 0 fully saturated rings. The fourth-order valence-corrected chi connectivity index (χ4v) is 2.43. The topological polar surface area (TPSA) is 41.5 Å². The van der Waals surface area contributed by atoms with E-state index in [1.165, 1.54) is 6.07 Å². The second-order valence-electron chi connectivity index (χ2n) is 4.23. The normalized spacial score (nSPS) is 12.3. The first-order valence-electron chi connectivity index (χ1n) is 6.13. The van der Waals surface area contributed by atoms with E-state index in [1.807, 2.05) is 17.5 Å². The molecule has 1 aromatic carbocycles. The van der Waals surface area contributed by atoms with Crippen LogP contribution in [-0.4, -0.2) is 24.4 Å². The molecular weight excluding hydrogens is 301 g/mol. The number of hydrogen-bond acceptors (Lipinski definition) is 4. The zero-order chi connectivity index (χ0) is 14.4. The molecule has 0 spiro atoms. The Kier molecular flexibility index (Phi) is 5.79. The van der Waals surface area contributed by atoms with Gasteiger partial charge in [-0.25, -0.2) is 4.39 Å². The van der Waals surface area contributed by atoms with Crippen molar-refractivity contribution in [2.45, 2.75) is 12.7 Å². The lowest BCUT2D eigenvalue weighted by Gasteiger charge is -2.13. The summed E-state index contributed by atoms with van der Waals surface area (Å²) in [5.74, 6) is -0.513. The van der Waals surface area contributed by atoms with Gasteiger partial charge in [-0.3, -0.25) is 0 Å². The van der Waals surface area contributed by atoms with Gasteiger partial charge in [0.15, 0.2) is 5.82 Å². The fraction of sp³-hybridized carbons (Fsp3) is 0.286. The molecule has 0 bridgehead atoms. The molecule has 1 aromatic heterocycles. The maximum Gasteiger partial charge on any atom is 0.164 e. The van der Waals surface area contributed by atoms with E-state index in [-0.39, 0.29) is 23.9 Å². The highest BCUT2D eigenvalue weighted by Crippen LogP contribution is 2.21. The maximum atomic E-state index is 13.6. The first-order valence-corrected chi connectivity index (χ1v) is 7.38. The number of thiophene rings is 1. The average molecular weight is 316 g/mol. The molecule has 0 amide bonds. The van der Waals surface area contributed by atoms with Crippen LogP contribution in [0.2, 0.25) is 5.02 Å². The molecule has 1 heterocycles. The highest BCUT2D eigenvalue weighted by Gasteiger charge is 2.09. The number of nitrogens with one attached hydrogen (secondary N) is 1. The number of benzene rings is 1. The standard InChI is InChI=1S/C14H15ClFNO2S/c15-12-4-1-5-13(14(12)16)17-7-10(18)8-19-9-11-3-2-6-20-11/h1-6,10,17-18H,7-9H2. The number of halogens is 2. The Labute approximate surface area is 126 Å². The second kappa shape index (κ2) is 7.59. The summed E-state index contributed by atoms with van der Waals surface area (Å²) in [4.78, 5) is 1.10. The van der Waals surface area contributed by atoms with Gasteiger partial charge in [-0.1, -0.05) is 23.7 Å². The van der Waals surface area contributed by atoms with Crippen molar-refractivity contribution in [3.8, 4) is 0 Å². The zero-order valence-electron chi connectivity index (χ0n) is 10.7. The summed E-state index contributed by atoms with van der Waals surface area (Å²) in [5.41, 5.74) is 0.273. The van der Waals surface area contributed by atoms with E-state index in [0.29, 0.717) is 6.61 Å². The number of hydrogen-bond donors (Lipinski definition) is 2. The summed E-state index contributed by atoms with van der Waals surface area (Å²) >= 11 is 7.27. The van der Waals surface area contributed by atoms with E-state index >= 15 is 0 Å². The Hall–Kier alpha value is -1.14. The fourth-order valence-electron chi connectivity index (χ4n) is 1.62.